The lowest BCUT2D eigenvalue weighted by molar-refractivity contribution is 0.284. The Kier molecular flexibility index (Phi) is 5.42. The molecule has 0 amide bonds. The van der Waals surface area contributed by atoms with Gasteiger partial charge in [-0.15, -0.1) is 0 Å². The van der Waals surface area contributed by atoms with Gasteiger partial charge in [0.15, 0.2) is 11.5 Å². The molecule has 0 aromatic heterocycles. The molecule has 0 saturated carbocycles. The van der Waals surface area contributed by atoms with Crippen molar-refractivity contribution in [2.75, 3.05) is 21.2 Å². The van der Waals surface area contributed by atoms with Gasteiger partial charge in [0.2, 0.25) is 0 Å². The number of nitrogens with zero attached hydrogens (tertiary/aromatic N) is 2. The van der Waals surface area contributed by atoms with Gasteiger partial charge in [0.25, 0.3) is 0 Å². The fourth-order valence-electron chi connectivity index (χ4n) is 2.03. The Bertz CT molecular complexity index is 651. The smallest absolute Gasteiger partial charge is 0.161 e. The summed E-state index contributed by atoms with van der Waals surface area (Å²) in [5.74, 6) is 1.43. The van der Waals surface area contributed by atoms with Gasteiger partial charge in [-0.25, -0.2) is 0 Å². The fourth-order valence-corrected chi connectivity index (χ4v) is 2.03. The number of rotatable bonds is 6. The third-order valence-corrected chi connectivity index (χ3v) is 3.10. The van der Waals surface area contributed by atoms with Crippen LogP contribution >= 0.6 is 0 Å². The van der Waals surface area contributed by atoms with Crippen LogP contribution in [0.25, 0.3) is 0 Å². The van der Waals surface area contributed by atoms with Gasteiger partial charge in [-0.1, -0.05) is 29.8 Å². The van der Waals surface area contributed by atoms with Crippen LogP contribution in [0.4, 0.5) is 0 Å². The molecule has 0 heterocycles. The molecule has 0 N–H and O–H groups in total. The van der Waals surface area contributed by atoms with Crippen molar-refractivity contribution < 1.29 is 9.47 Å². The SMILES string of the molecule is COc1cc(/C=N/N(C)C)ccc1OCc1cccc(C)c1. The van der Waals surface area contributed by atoms with Gasteiger partial charge in [0.1, 0.15) is 6.61 Å². The molecule has 0 radical (unpaired) electrons. The second kappa shape index (κ2) is 7.50. The van der Waals surface area contributed by atoms with Crippen LogP contribution in [0.1, 0.15) is 16.7 Å². The quantitative estimate of drug-likeness (QED) is 0.605. The van der Waals surface area contributed by atoms with Gasteiger partial charge in [-0.2, -0.15) is 5.10 Å². The number of hydrogen-bond donors (Lipinski definition) is 0. The molecule has 4 heteroatoms. The minimum atomic E-state index is 0.517. The van der Waals surface area contributed by atoms with Crippen molar-refractivity contribution in [2.45, 2.75) is 13.5 Å². The van der Waals surface area contributed by atoms with Crippen LogP contribution in [0.15, 0.2) is 47.6 Å². The van der Waals surface area contributed by atoms with Gasteiger partial charge < -0.3 is 14.5 Å². The summed E-state index contributed by atoms with van der Waals surface area (Å²) in [6.07, 6.45) is 1.78. The van der Waals surface area contributed by atoms with E-state index in [1.807, 2.05) is 38.4 Å². The Morgan fingerprint density at radius 1 is 1.09 bits per heavy atom. The van der Waals surface area contributed by atoms with Crippen LogP contribution in [-0.2, 0) is 6.61 Å². The minimum absolute atomic E-state index is 0.517. The molecule has 0 saturated heterocycles. The standard InChI is InChI=1S/C18H22N2O2/c1-14-6-5-7-16(10-14)13-22-17-9-8-15(11-18(17)21-4)12-19-20(2)3/h5-12H,13H2,1-4H3/b19-12+. The fraction of sp³-hybridized carbons (Fsp3) is 0.278. The molecular weight excluding hydrogens is 276 g/mol. The van der Waals surface area contributed by atoms with Gasteiger partial charge in [-0.05, 0) is 36.2 Å². The zero-order chi connectivity index (χ0) is 15.9. The van der Waals surface area contributed by atoms with E-state index < -0.39 is 0 Å². The summed E-state index contributed by atoms with van der Waals surface area (Å²) in [4.78, 5) is 0. The van der Waals surface area contributed by atoms with Crippen molar-refractivity contribution in [3.8, 4) is 11.5 Å². The van der Waals surface area contributed by atoms with E-state index in [-0.39, 0.29) is 0 Å². The highest BCUT2D eigenvalue weighted by Crippen LogP contribution is 2.28. The Morgan fingerprint density at radius 3 is 2.59 bits per heavy atom. The average molecular weight is 298 g/mol. The van der Waals surface area contributed by atoms with Crippen molar-refractivity contribution in [1.82, 2.24) is 5.01 Å². The van der Waals surface area contributed by atoms with Crippen LogP contribution in [0.2, 0.25) is 0 Å². The zero-order valence-corrected chi connectivity index (χ0v) is 13.5. The average Bonchev–Trinajstić information content (AvgIpc) is 2.51. The lowest BCUT2D eigenvalue weighted by Crippen LogP contribution is -2.02. The first-order chi connectivity index (χ1) is 10.6. The summed E-state index contributed by atoms with van der Waals surface area (Å²) in [6.45, 7) is 2.59. The van der Waals surface area contributed by atoms with Gasteiger partial charge in [0, 0.05) is 14.1 Å². The maximum atomic E-state index is 5.87. The second-order valence-corrected chi connectivity index (χ2v) is 5.28. The molecular formula is C18H22N2O2. The summed E-state index contributed by atoms with van der Waals surface area (Å²) < 4.78 is 11.3. The molecule has 0 bridgehead atoms. The topological polar surface area (TPSA) is 34.1 Å². The van der Waals surface area contributed by atoms with E-state index in [0.717, 1.165) is 16.9 Å². The number of hydrazone groups is 1. The lowest BCUT2D eigenvalue weighted by Gasteiger charge is -2.12. The lowest BCUT2D eigenvalue weighted by atomic mass is 10.1. The molecule has 0 aliphatic carbocycles. The summed E-state index contributed by atoms with van der Waals surface area (Å²) in [6, 6.07) is 14.1. The molecule has 0 aliphatic heterocycles. The summed E-state index contributed by atoms with van der Waals surface area (Å²) in [7, 11) is 5.40. The maximum Gasteiger partial charge on any atom is 0.161 e. The van der Waals surface area contributed by atoms with E-state index in [1.165, 1.54) is 5.56 Å². The molecule has 0 unspecified atom stereocenters. The van der Waals surface area contributed by atoms with E-state index in [4.69, 9.17) is 9.47 Å². The highest BCUT2D eigenvalue weighted by atomic mass is 16.5. The predicted octanol–water partition coefficient (Wildman–Crippen LogP) is 3.48. The van der Waals surface area contributed by atoms with Crippen LogP contribution in [0, 0.1) is 6.92 Å². The largest absolute Gasteiger partial charge is 0.493 e. The second-order valence-electron chi connectivity index (χ2n) is 5.28. The Balaban J connectivity index is 2.10. The van der Waals surface area contributed by atoms with E-state index in [1.54, 1.807) is 18.3 Å². The van der Waals surface area contributed by atoms with E-state index in [9.17, 15) is 0 Å². The van der Waals surface area contributed by atoms with E-state index in [2.05, 4.69) is 30.2 Å². The zero-order valence-electron chi connectivity index (χ0n) is 13.5. The van der Waals surface area contributed by atoms with E-state index >= 15 is 0 Å². The molecule has 0 spiro atoms. The molecule has 2 aromatic carbocycles. The molecule has 0 aliphatic rings. The van der Waals surface area contributed by atoms with Gasteiger partial charge >= 0.3 is 0 Å². The third kappa shape index (κ3) is 4.52. The number of hydrogen-bond acceptors (Lipinski definition) is 4. The minimum Gasteiger partial charge on any atom is -0.493 e. The molecule has 4 nitrogen and oxygen atoms in total. The van der Waals surface area contributed by atoms with Crippen molar-refractivity contribution in [3.63, 3.8) is 0 Å². The van der Waals surface area contributed by atoms with Crippen molar-refractivity contribution in [1.29, 1.82) is 0 Å². The monoisotopic (exact) mass is 298 g/mol. The van der Waals surface area contributed by atoms with Crippen LogP contribution in [-0.4, -0.2) is 32.4 Å². The van der Waals surface area contributed by atoms with Crippen LogP contribution in [0.3, 0.4) is 0 Å². The normalized spacial score (nSPS) is 10.7. The Labute approximate surface area is 132 Å². The summed E-state index contributed by atoms with van der Waals surface area (Å²) in [5, 5.41) is 5.96. The molecule has 0 atom stereocenters. The van der Waals surface area contributed by atoms with Crippen molar-refractivity contribution in [3.05, 3.63) is 59.2 Å². The van der Waals surface area contributed by atoms with Crippen molar-refractivity contribution >= 4 is 6.21 Å². The Morgan fingerprint density at radius 2 is 1.91 bits per heavy atom. The van der Waals surface area contributed by atoms with Crippen molar-refractivity contribution in [2.24, 2.45) is 5.10 Å². The predicted molar refractivity (Wildman–Crippen MR) is 89.8 cm³/mol. The Hall–Kier alpha value is -2.49. The third-order valence-electron chi connectivity index (χ3n) is 3.10. The number of benzene rings is 2. The van der Waals surface area contributed by atoms with Crippen LogP contribution in [0.5, 0.6) is 11.5 Å². The molecule has 22 heavy (non-hydrogen) atoms. The first-order valence-electron chi connectivity index (χ1n) is 7.16. The van der Waals surface area contributed by atoms with Crippen LogP contribution < -0.4 is 9.47 Å². The van der Waals surface area contributed by atoms with Gasteiger partial charge in [0.05, 0.1) is 13.3 Å². The first kappa shape index (κ1) is 15.9. The molecule has 116 valence electrons. The molecule has 2 aromatic rings. The highest BCUT2D eigenvalue weighted by molar-refractivity contribution is 5.80. The highest BCUT2D eigenvalue weighted by Gasteiger charge is 2.05. The molecule has 2 rings (SSSR count). The maximum absolute atomic E-state index is 5.87. The number of methoxy groups -OCH3 is 1. The summed E-state index contributed by atoms with van der Waals surface area (Å²) >= 11 is 0. The summed E-state index contributed by atoms with van der Waals surface area (Å²) in [5.41, 5.74) is 3.33. The molecule has 0 fully saturated rings. The number of aryl methyl sites for hydroxylation is 1. The number of ether oxygens (including phenoxy) is 2. The van der Waals surface area contributed by atoms with E-state index in [0.29, 0.717) is 12.4 Å². The van der Waals surface area contributed by atoms with Gasteiger partial charge in [-0.3, -0.25) is 0 Å². The first-order valence-corrected chi connectivity index (χ1v) is 7.16.